The van der Waals surface area contributed by atoms with Gasteiger partial charge in [0.1, 0.15) is 0 Å². The van der Waals surface area contributed by atoms with Crippen LogP contribution in [0, 0.1) is 17.3 Å². The highest BCUT2D eigenvalue weighted by molar-refractivity contribution is 6.20. The highest BCUT2D eigenvalue weighted by Crippen LogP contribution is 2.37. The molecule has 1 aliphatic carbocycles. The highest BCUT2D eigenvalue weighted by Gasteiger charge is 2.30. The van der Waals surface area contributed by atoms with Crippen molar-refractivity contribution in [2.75, 3.05) is 0 Å². The molecule has 0 aromatic carbocycles. The molecule has 0 saturated heterocycles. The standard InChI is InChI=1S/C16H29ClO/c1-5-6-11-16(3,4)15(18)10-8-13-7-9-14(17)12(13)2/h8,10,12-15,18H,5-7,9,11H2,1-4H3/b10-8+/t12-,13-,14-,15?/m1/s1. The maximum Gasteiger partial charge on any atom is 0.0771 e. The Morgan fingerprint density at radius 1 is 1.39 bits per heavy atom. The molecule has 1 rings (SSSR count). The van der Waals surface area contributed by atoms with E-state index in [0.717, 1.165) is 19.3 Å². The molecule has 1 fully saturated rings. The van der Waals surface area contributed by atoms with Crippen LogP contribution >= 0.6 is 11.6 Å². The number of aliphatic hydroxyl groups is 1. The van der Waals surface area contributed by atoms with Crippen molar-refractivity contribution in [2.24, 2.45) is 17.3 Å². The fraction of sp³-hybridized carbons (Fsp3) is 0.875. The van der Waals surface area contributed by atoms with Gasteiger partial charge in [-0.2, -0.15) is 0 Å². The third kappa shape index (κ3) is 4.28. The molecule has 4 atom stereocenters. The van der Waals surface area contributed by atoms with Crippen LogP contribution in [0.1, 0.15) is 59.8 Å². The SMILES string of the molecule is CCCCC(C)(C)C(O)/C=C/[C@H]1CC[C@@H](Cl)[C@@H]1C. The molecule has 0 aliphatic heterocycles. The van der Waals surface area contributed by atoms with Gasteiger partial charge in [-0.25, -0.2) is 0 Å². The van der Waals surface area contributed by atoms with E-state index in [0.29, 0.717) is 17.2 Å². The predicted octanol–water partition coefficient (Wildman–Crippen LogP) is 4.77. The summed E-state index contributed by atoms with van der Waals surface area (Å²) in [7, 11) is 0. The fourth-order valence-electron chi connectivity index (χ4n) is 2.71. The Hall–Kier alpha value is -0.0100. The van der Waals surface area contributed by atoms with E-state index >= 15 is 0 Å². The van der Waals surface area contributed by atoms with Crippen molar-refractivity contribution in [3.05, 3.63) is 12.2 Å². The van der Waals surface area contributed by atoms with E-state index in [2.05, 4.69) is 33.8 Å². The molecule has 1 saturated carbocycles. The first-order valence-electron chi connectivity index (χ1n) is 7.39. The number of hydrogen-bond acceptors (Lipinski definition) is 1. The van der Waals surface area contributed by atoms with E-state index in [1.165, 1.54) is 12.8 Å². The first kappa shape index (κ1) is 16.0. The Bertz CT molecular complexity index is 272. The molecule has 1 unspecified atom stereocenters. The number of unbranched alkanes of at least 4 members (excludes halogenated alkanes) is 1. The zero-order chi connectivity index (χ0) is 13.8. The number of halogens is 1. The van der Waals surface area contributed by atoms with Gasteiger partial charge < -0.3 is 5.11 Å². The molecule has 0 aromatic heterocycles. The largest absolute Gasteiger partial charge is 0.388 e. The fourth-order valence-corrected chi connectivity index (χ4v) is 3.02. The van der Waals surface area contributed by atoms with Crippen molar-refractivity contribution in [1.29, 1.82) is 0 Å². The van der Waals surface area contributed by atoms with Gasteiger partial charge in [-0.3, -0.25) is 0 Å². The molecular formula is C16H29ClO. The molecule has 1 nitrogen and oxygen atoms in total. The minimum atomic E-state index is -0.342. The topological polar surface area (TPSA) is 20.2 Å². The van der Waals surface area contributed by atoms with Crippen LogP contribution in [0.5, 0.6) is 0 Å². The van der Waals surface area contributed by atoms with E-state index in [4.69, 9.17) is 11.6 Å². The third-order valence-corrected chi connectivity index (χ3v) is 5.15. The molecule has 0 amide bonds. The molecule has 0 heterocycles. The number of allylic oxidation sites excluding steroid dienone is 1. The monoisotopic (exact) mass is 272 g/mol. The minimum Gasteiger partial charge on any atom is -0.388 e. The third-order valence-electron chi connectivity index (χ3n) is 4.54. The minimum absolute atomic E-state index is 0.0191. The van der Waals surface area contributed by atoms with E-state index in [1.807, 2.05) is 6.08 Å². The zero-order valence-electron chi connectivity index (χ0n) is 12.3. The number of aliphatic hydroxyl groups excluding tert-OH is 1. The van der Waals surface area contributed by atoms with Gasteiger partial charge in [0.2, 0.25) is 0 Å². The van der Waals surface area contributed by atoms with Gasteiger partial charge in [0.25, 0.3) is 0 Å². The average molecular weight is 273 g/mol. The molecule has 0 radical (unpaired) electrons. The van der Waals surface area contributed by atoms with Gasteiger partial charge in [0.15, 0.2) is 0 Å². The Balaban J connectivity index is 2.50. The molecule has 106 valence electrons. The normalized spacial score (nSPS) is 31.1. The molecule has 0 aromatic rings. The summed E-state index contributed by atoms with van der Waals surface area (Å²) in [5, 5.41) is 10.6. The van der Waals surface area contributed by atoms with Gasteiger partial charge in [-0.05, 0) is 36.5 Å². The highest BCUT2D eigenvalue weighted by atomic mass is 35.5. The Morgan fingerprint density at radius 2 is 2.06 bits per heavy atom. The van der Waals surface area contributed by atoms with Crippen LogP contribution in [0.4, 0.5) is 0 Å². The summed E-state index contributed by atoms with van der Waals surface area (Å²) in [6, 6.07) is 0. The molecule has 0 spiro atoms. The van der Waals surface area contributed by atoms with Crippen molar-refractivity contribution in [2.45, 2.75) is 71.3 Å². The number of rotatable bonds is 6. The quantitative estimate of drug-likeness (QED) is 0.545. The van der Waals surface area contributed by atoms with E-state index in [1.54, 1.807) is 0 Å². The van der Waals surface area contributed by atoms with Crippen LogP contribution in [0.3, 0.4) is 0 Å². The van der Waals surface area contributed by atoms with Crippen molar-refractivity contribution >= 4 is 11.6 Å². The first-order valence-corrected chi connectivity index (χ1v) is 7.82. The van der Waals surface area contributed by atoms with Gasteiger partial charge >= 0.3 is 0 Å². The van der Waals surface area contributed by atoms with E-state index < -0.39 is 0 Å². The van der Waals surface area contributed by atoms with Gasteiger partial charge in [-0.15, -0.1) is 11.6 Å². The van der Waals surface area contributed by atoms with Crippen LogP contribution < -0.4 is 0 Å². The maximum atomic E-state index is 10.3. The van der Waals surface area contributed by atoms with Crippen molar-refractivity contribution in [1.82, 2.24) is 0 Å². The van der Waals surface area contributed by atoms with E-state index in [-0.39, 0.29) is 11.5 Å². The van der Waals surface area contributed by atoms with Crippen LogP contribution in [-0.2, 0) is 0 Å². The van der Waals surface area contributed by atoms with Gasteiger partial charge in [0, 0.05) is 5.38 Å². The Kier molecular flexibility index (Phi) is 6.20. The lowest BCUT2D eigenvalue weighted by atomic mass is 9.81. The van der Waals surface area contributed by atoms with Crippen LogP contribution in [0.2, 0.25) is 0 Å². The second-order valence-corrected chi connectivity index (χ2v) is 7.10. The zero-order valence-corrected chi connectivity index (χ0v) is 13.1. The lowest BCUT2D eigenvalue weighted by Crippen LogP contribution is -2.27. The molecule has 1 aliphatic rings. The summed E-state index contributed by atoms with van der Waals surface area (Å²) in [6.45, 7) is 8.72. The second kappa shape index (κ2) is 6.96. The summed E-state index contributed by atoms with van der Waals surface area (Å²) >= 11 is 6.23. The summed E-state index contributed by atoms with van der Waals surface area (Å²) in [5.74, 6) is 1.08. The molecule has 0 bridgehead atoms. The Labute approximate surface area is 118 Å². The summed E-state index contributed by atoms with van der Waals surface area (Å²) in [4.78, 5) is 0. The lowest BCUT2D eigenvalue weighted by molar-refractivity contribution is 0.0810. The van der Waals surface area contributed by atoms with Crippen molar-refractivity contribution in [3.8, 4) is 0 Å². The maximum absolute atomic E-state index is 10.3. The van der Waals surface area contributed by atoms with Crippen molar-refractivity contribution in [3.63, 3.8) is 0 Å². The lowest BCUT2D eigenvalue weighted by Gasteiger charge is -2.29. The molecule has 1 N–H and O–H groups in total. The van der Waals surface area contributed by atoms with E-state index in [9.17, 15) is 5.11 Å². The van der Waals surface area contributed by atoms with Crippen LogP contribution in [0.25, 0.3) is 0 Å². The smallest absolute Gasteiger partial charge is 0.0771 e. The molecule has 18 heavy (non-hydrogen) atoms. The summed E-state index contributed by atoms with van der Waals surface area (Å²) < 4.78 is 0. The van der Waals surface area contributed by atoms with Crippen molar-refractivity contribution < 1.29 is 5.11 Å². The average Bonchev–Trinajstić information content (AvgIpc) is 2.64. The van der Waals surface area contributed by atoms with Gasteiger partial charge in [-0.1, -0.05) is 52.7 Å². The second-order valence-electron chi connectivity index (χ2n) is 6.54. The molecule has 2 heteroatoms. The summed E-state index contributed by atoms with van der Waals surface area (Å²) in [5.41, 5.74) is -0.0191. The van der Waals surface area contributed by atoms with Crippen LogP contribution in [-0.4, -0.2) is 16.6 Å². The predicted molar refractivity (Wildman–Crippen MR) is 80.0 cm³/mol. The summed E-state index contributed by atoms with van der Waals surface area (Å²) in [6.07, 6.45) is 9.58. The number of alkyl halides is 1. The molecular weight excluding hydrogens is 244 g/mol. The number of hydrogen-bond donors (Lipinski definition) is 1. The first-order chi connectivity index (χ1) is 8.38. The van der Waals surface area contributed by atoms with Gasteiger partial charge in [0.05, 0.1) is 6.10 Å². The van der Waals surface area contributed by atoms with Crippen LogP contribution in [0.15, 0.2) is 12.2 Å². The Morgan fingerprint density at radius 3 is 2.56 bits per heavy atom.